The summed E-state index contributed by atoms with van der Waals surface area (Å²) < 4.78 is 19.1. The van der Waals surface area contributed by atoms with E-state index in [0.29, 0.717) is 29.6 Å². The second kappa shape index (κ2) is 8.76. The number of carbonyl (C=O) groups is 2. The molecule has 0 spiro atoms. The summed E-state index contributed by atoms with van der Waals surface area (Å²) in [5.41, 5.74) is 1.66. The van der Waals surface area contributed by atoms with E-state index in [0.717, 1.165) is 47.4 Å². The lowest BCUT2D eigenvalue weighted by molar-refractivity contribution is -0.118. The normalized spacial score (nSPS) is 17.0. The number of fused-ring (bicyclic) bond motifs is 2. The Labute approximate surface area is 198 Å². The Hall–Kier alpha value is -3.39. The molecule has 2 aromatic carbocycles. The first-order valence-electron chi connectivity index (χ1n) is 11.7. The number of carbonyl (C=O) groups excluding carboxylic acids is 2. The van der Waals surface area contributed by atoms with Crippen molar-refractivity contribution in [2.45, 2.75) is 58.1 Å². The highest BCUT2D eigenvalue weighted by molar-refractivity contribution is 6.14. The summed E-state index contributed by atoms with van der Waals surface area (Å²) in [6, 6.07) is 11.6. The van der Waals surface area contributed by atoms with Crippen molar-refractivity contribution in [2.24, 2.45) is 0 Å². The molecule has 178 valence electrons. The summed E-state index contributed by atoms with van der Waals surface area (Å²) in [5, 5.41) is 5.74. The third-order valence-corrected chi connectivity index (χ3v) is 6.02. The number of ether oxygens (including phenoxy) is 3. The molecule has 0 saturated carbocycles. The lowest BCUT2D eigenvalue weighted by Gasteiger charge is -2.30. The highest BCUT2D eigenvalue weighted by Gasteiger charge is 2.33. The van der Waals surface area contributed by atoms with Crippen molar-refractivity contribution < 1.29 is 23.8 Å². The first kappa shape index (κ1) is 22.4. The molecular formula is C26H29N3O5. The van der Waals surface area contributed by atoms with E-state index in [-0.39, 0.29) is 12.3 Å². The minimum Gasteiger partial charge on any atom is -0.457 e. The van der Waals surface area contributed by atoms with E-state index in [9.17, 15) is 9.59 Å². The van der Waals surface area contributed by atoms with Crippen molar-refractivity contribution in [3.8, 4) is 11.5 Å². The van der Waals surface area contributed by atoms with E-state index < -0.39 is 11.7 Å². The van der Waals surface area contributed by atoms with Crippen LogP contribution in [0.2, 0.25) is 0 Å². The molecule has 0 unspecified atom stereocenters. The molecule has 0 bridgehead atoms. The zero-order valence-electron chi connectivity index (χ0n) is 19.7. The second-order valence-corrected chi connectivity index (χ2v) is 9.78. The van der Waals surface area contributed by atoms with E-state index in [1.165, 1.54) is 0 Å². The average Bonchev–Trinajstić information content (AvgIpc) is 3.22. The van der Waals surface area contributed by atoms with Crippen LogP contribution in [0.4, 0.5) is 10.5 Å². The molecule has 0 N–H and O–H groups in total. The molecule has 2 amide bonds. The molecule has 1 fully saturated rings. The van der Waals surface area contributed by atoms with Gasteiger partial charge in [-0.25, -0.2) is 9.69 Å². The van der Waals surface area contributed by atoms with E-state index in [4.69, 9.17) is 19.3 Å². The fourth-order valence-electron chi connectivity index (χ4n) is 4.40. The lowest BCUT2D eigenvalue weighted by atomic mass is 10.0. The van der Waals surface area contributed by atoms with Gasteiger partial charge in [0.1, 0.15) is 17.1 Å². The van der Waals surface area contributed by atoms with Gasteiger partial charge in [-0.15, -0.1) is 0 Å². The molecule has 2 aliphatic heterocycles. The predicted octanol–water partition coefficient (Wildman–Crippen LogP) is 5.39. The number of anilines is 1. The van der Waals surface area contributed by atoms with Crippen molar-refractivity contribution in [1.29, 1.82) is 0 Å². The summed E-state index contributed by atoms with van der Waals surface area (Å²) in [4.78, 5) is 26.2. The number of hydrogen-bond acceptors (Lipinski definition) is 6. The number of amides is 2. The van der Waals surface area contributed by atoms with E-state index in [2.05, 4.69) is 6.20 Å². The van der Waals surface area contributed by atoms with Crippen LogP contribution in [-0.2, 0) is 20.7 Å². The Kier molecular flexibility index (Phi) is 5.77. The number of rotatable bonds is 3. The maximum atomic E-state index is 12.6. The van der Waals surface area contributed by atoms with Crippen LogP contribution in [0.25, 0.3) is 10.9 Å². The van der Waals surface area contributed by atoms with Gasteiger partial charge in [0.05, 0.1) is 17.2 Å². The van der Waals surface area contributed by atoms with Gasteiger partial charge >= 0.3 is 6.09 Å². The molecule has 34 heavy (non-hydrogen) atoms. The number of hydrogen-bond donors (Lipinski definition) is 0. The zero-order valence-corrected chi connectivity index (χ0v) is 19.7. The van der Waals surface area contributed by atoms with Crippen LogP contribution >= 0.6 is 0 Å². The standard InChI is InChI=1S/C26H29N3O5/c1-26(2,3)34-25(31)29-23-8-6-21(14-17(23)4-9-24(29)30)33-20-5-7-22-18(15-20)16-28(27-22)19-10-12-32-13-11-19/h5-8,14-16,19H,4,9-13H2,1-3H3. The van der Waals surface area contributed by atoms with Gasteiger partial charge in [-0.3, -0.25) is 9.48 Å². The zero-order chi connectivity index (χ0) is 23.9. The molecule has 5 rings (SSSR count). The predicted molar refractivity (Wildman–Crippen MR) is 127 cm³/mol. The summed E-state index contributed by atoms with van der Waals surface area (Å²) in [7, 11) is 0. The van der Waals surface area contributed by atoms with E-state index in [1.807, 2.05) is 28.9 Å². The fourth-order valence-corrected chi connectivity index (χ4v) is 4.40. The Morgan fingerprint density at radius 2 is 1.79 bits per heavy atom. The Morgan fingerprint density at radius 1 is 1.06 bits per heavy atom. The van der Waals surface area contributed by atoms with Gasteiger partial charge in [0.25, 0.3) is 0 Å². The van der Waals surface area contributed by atoms with Gasteiger partial charge in [0.15, 0.2) is 0 Å². The molecule has 3 heterocycles. The lowest BCUT2D eigenvalue weighted by Crippen LogP contribution is -2.43. The van der Waals surface area contributed by atoms with Crippen LogP contribution in [-0.4, -0.2) is 40.6 Å². The Balaban J connectivity index is 1.36. The monoisotopic (exact) mass is 463 g/mol. The van der Waals surface area contributed by atoms with Gasteiger partial charge < -0.3 is 14.2 Å². The van der Waals surface area contributed by atoms with Crippen molar-refractivity contribution in [2.75, 3.05) is 18.1 Å². The van der Waals surface area contributed by atoms with Crippen LogP contribution in [0.3, 0.4) is 0 Å². The third kappa shape index (κ3) is 4.63. The molecule has 2 aliphatic rings. The quantitative estimate of drug-likeness (QED) is 0.518. The smallest absolute Gasteiger partial charge is 0.421 e. The van der Waals surface area contributed by atoms with Crippen LogP contribution in [0.15, 0.2) is 42.6 Å². The van der Waals surface area contributed by atoms with Gasteiger partial charge in [0.2, 0.25) is 5.91 Å². The summed E-state index contributed by atoms with van der Waals surface area (Å²) in [5.74, 6) is 1.09. The molecule has 8 nitrogen and oxygen atoms in total. The first-order chi connectivity index (χ1) is 16.3. The Bertz CT molecular complexity index is 1240. The van der Waals surface area contributed by atoms with Crippen LogP contribution in [0, 0.1) is 0 Å². The van der Waals surface area contributed by atoms with E-state index >= 15 is 0 Å². The summed E-state index contributed by atoms with van der Waals surface area (Å²) in [6.07, 6.45) is 4.13. The Morgan fingerprint density at radius 3 is 2.56 bits per heavy atom. The molecule has 1 aromatic heterocycles. The summed E-state index contributed by atoms with van der Waals surface area (Å²) >= 11 is 0. The molecule has 3 aromatic rings. The number of imide groups is 1. The molecule has 0 aliphatic carbocycles. The van der Waals surface area contributed by atoms with Crippen molar-refractivity contribution >= 4 is 28.6 Å². The van der Waals surface area contributed by atoms with Crippen molar-refractivity contribution in [1.82, 2.24) is 9.78 Å². The molecule has 8 heteroatoms. The van der Waals surface area contributed by atoms with Crippen LogP contribution < -0.4 is 9.64 Å². The van der Waals surface area contributed by atoms with Gasteiger partial charge in [-0.05, 0) is 82.0 Å². The number of aryl methyl sites for hydroxylation is 1. The number of nitrogens with zero attached hydrogens (tertiary/aromatic N) is 3. The highest BCUT2D eigenvalue weighted by Crippen LogP contribution is 2.34. The van der Waals surface area contributed by atoms with Gasteiger partial charge in [0, 0.05) is 31.2 Å². The topological polar surface area (TPSA) is 82.9 Å². The van der Waals surface area contributed by atoms with Crippen molar-refractivity contribution in [3.63, 3.8) is 0 Å². The molecule has 0 atom stereocenters. The summed E-state index contributed by atoms with van der Waals surface area (Å²) in [6.45, 7) is 6.87. The maximum Gasteiger partial charge on any atom is 0.421 e. The van der Waals surface area contributed by atoms with Crippen LogP contribution in [0.1, 0.15) is 51.6 Å². The second-order valence-electron chi connectivity index (χ2n) is 9.78. The van der Waals surface area contributed by atoms with E-state index in [1.54, 1.807) is 32.9 Å². The average molecular weight is 464 g/mol. The number of aromatic nitrogens is 2. The molecular weight excluding hydrogens is 434 g/mol. The highest BCUT2D eigenvalue weighted by atomic mass is 16.6. The van der Waals surface area contributed by atoms with Crippen molar-refractivity contribution in [3.05, 3.63) is 48.2 Å². The fraction of sp³-hybridized carbons (Fsp3) is 0.423. The van der Waals surface area contributed by atoms with Crippen LogP contribution in [0.5, 0.6) is 11.5 Å². The minimum absolute atomic E-state index is 0.243. The maximum absolute atomic E-state index is 12.6. The molecule has 1 saturated heterocycles. The van der Waals surface area contributed by atoms with Gasteiger partial charge in [-0.1, -0.05) is 0 Å². The number of benzene rings is 2. The SMILES string of the molecule is CC(C)(C)OC(=O)N1C(=O)CCc2cc(Oc3ccc4nn(C5CCOCC5)cc4c3)ccc21. The van der Waals surface area contributed by atoms with Gasteiger partial charge in [-0.2, -0.15) is 5.10 Å². The largest absolute Gasteiger partial charge is 0.457 e. The minimum atomic E-state index is -0.685. The first-order valence-corrected chi connectivity index (χ1v) is 11.7. The molecule has 0 radical (unpaired) electrons. The third-order valence-electron chi connectivity index (χ3n) is 6.02.